The zero-order chi connectivity index (χ0) is 50.2. The van der Waals surface area contributed by atoms with E-state index in [-0.39, 0.29) is 25.7 Å². The zero-order valence-corrected chi connectivity index (χ0v) is 41.2. The van der Waals surface area contributed by atoms with Crippen LogP contribution in [0.25, 0.3) is 0 Å². The fourth-order valence-corrected chi connectivity index (χ4v) is 8.78. The lowest BCUT2D eigenvalue weighted by Crippen LogP contribution is -2.55. The van der Waals surface area contributed by atoms with Gasteiger partial charge >= 0.3 is 19.8 Å². The van der Waals surface area contributed by atoms with E-state index in [4.69, 9.17) is 18.5 Å². The maximum absolute atomic E-state index is 13.6. The van der Waals surface area contributed by atoms with Crippen LogP contribution in [0.5, 0.6) is 0 Å². The van der Waals surface area contributed by atoms with Crippen LogP contribution in [0.4, 0.5) is 0 Å². The molecule has 2 rings (SSSR count). The van der Waals surface area contributed by atoms with Gasteiger partial charge in [0.15, 0.2) is 6.10 Å². The molecule has 0 aromatic heterocycles. The average molecular weight is 983 g/mol. The molecule has 1 saturated carbocycles. The molecule has 0 radical (unpaired) electrons. The number of ether oxygens (including phenoxy) is 2. The first-order valence-corrected chi connectivity index (χ1v) is 26.3. The van der Waals surface area contributed by atoms with Gasteiger partial charge in [0.1, 0.15) is 36.8 Å². The summed E-state index contributed by atoms with van der Waals surface area (Å²) >= 11 is 0. The Bertz CT molecular complexity index is 1640. The Labute approximate surface area is 404 Å². The van der Waals surface area contributed by atoms with Crippen LogP contribution in [0.3, 0.4) is 0 Å². The number of hydrogen-bond donors (Lipinski definition) is 8. The smallest absolute Gasteiger partial charge is 0.462 e. The topological polar surface area (TPSA) is 267 Å². The van der Waals surface area contributed by atoms with Crippen molar-refractivity contribution in [2.75, 3.05) is 13.2 Å². The lowest BCUT2D eigenvalue weighted by Gasteiger charge is -2.36. The van der Waals surface area contributed by atoms with Gasteiger partial charge in [0.05, 0.1) is 31.0 Å². The van der Waals surface area contributed by atoms with Crippen LogP contribution in [-0.2, 0) is 37.5 Å². The molecule has 1 fully saturated rings. The highest BCUT2D eigenvalue weighted by Crippen LogP contribution is 2.47. The summed E-state index contributed by atoms with van der Waals surface area (Å²) in [5, 5.41) is 78.5. The molecule has 0 saturated heterocycles. The number of unbranched alkanes of at least 4 members (excludes halogenated alkanes) is 8. The number of fused-ring (bicyclic) bond motifs is 4. The van der Waals surface area contributed by atoms with Crippen LogP contribution < -0.4 is 0 Å². The van der Waals surface area contributed by atoms with Crippen LogP contribution in [0.2, 0.25) is 0 Å². The van der Waals surface area contributed by atoms with E-state index in [9.17, 15) is 59.6 Å². The number of hydrogen-bond acceptors (Lipinski definition) is 15. The largest absolute Gasteiger partial charge is 0.472 e. The Kier molecular flexibility index (Phi) is 32.2. The van der Waals surface area contributed by atoms with E-state index in [0.717, 1.165) is 77.0 Å². The normalized spacial score (nSPS) is 30.9. The van der Waals surface area contributed by atoms with E-state index in [1.165, 1.54) is 18.2 Å². The number of phosphoric acid groups is 1. The highest BCUT2D eigenvalue weighted by atomic mass is 31.2. The monoisotopic (exact) mass is 983 g/mol. The summed E-state index contributed by atoms with van der Waals surface area (Å²) in [6, 6.07) is 0. The van der Waals surface area contributed by atoms with Crippen molar-refractivity contribution in [3.8, 4) is 0 Å². The minimum absolute atomic E-state index is 0.0839. The molecule has 1 aliphatic heterocycles. The first kappa shape index (κ1) is 61.0. The molecule has 8 N–H and O–H groups in total. The van der Waals surface area contributed by atoms with Gasteiger partial charge in [-0.1, -0.05) is 132 Å². The molecule has 2 bridgehead atoms. The highest BCUT2D eigenvalue weighted by Gasteiger charge is 2.49. The summed E-state index contributed by atoms with van der Waals surface area (Å²) in [6.07, 6.45) is 17.7. The highest BCUT2D eigenvalue weighted by molar-refractivity contribution is 7.47. The lowest BCUT2D eigenvalue weighted by atomic mass is 9.84. The number of ketones is 1. The van der Waals surface area contributed by atoms with Crippen molar-refractivity contribution in [1.82, 2.24) is 0 Å². The van der Waals surface area contributed by atoms with Crippen molar-refractivity contribution < 1.29 is 78.1 Å². The van der Waals surface area contributed by atoms with E-state index in [2.05, 4.69) is 55.5 Å². The number of rotatable bonds is 24. The molecule has 2 aliphatic rings. The van der Waals surface area contributed by atoms with Gasteiger partial charge in [-0.15, -0.1) is 0 Å². The van der Waals surface area contributed by atoms with Gasteiger partial charge in [-0.25, -0.2) is 4.57 Å². The maximum atomic E-state index is 13.6. The molecule has 1 aliphatic carbocycles. The van der Waals surface area contributed by atoms with Gasteiger partial charge in [-0.05, 0) is 70.6 Å². The molecule has 12 atom stereocenters. The standard InChI is InChI=1S/C51H83O16P/c1-3-5-7-8-9-10-11-12-13-14-15-16-17-18-19-20-21-22-27-31-44(55)64-36-39-37-65-68(62,63)67-51-49(60)47(58)41(34-33-38(52)29-25-6-4-2)43(54)35-42(53)40(46(57)48(59)50(51)61)30-26-23-24-28-32-45(56)66-39/h5,7,9-10,12-13,15-16,23,26,33-34,38-41,43,46-52,54,57-61H,3-4,6,8,11,14,17-22,24-25,27-32,35-37H2,1-2H3,(H,62,63)/b7-5-,10-9-,13-12-,16-15-,26-23-,34-33+/t38-,39+,40-,41-,43+,46+,47+,48-,49+,50+,51+/m0/s1. The number of allylic oxidation sites excluding steroid dienone is 10. The molecular formula is C51H83O16P. The van der Waals surface area contributed by atoms with Gasteiger partial charge in [-0.2, -0.15) is 0 Å². The summed E-state index contributed by atoms with van der Waals surface area (Å²) in [6.45, 7) is 2.68. The van der Waals surface area contributed by atoms with Crippen molar-refractivity contribution in [2.24, 2.45) is 11.8 Å². The first-order chi connectivity index (χ1) is 32.6. The van der Waals surface area contributed by atoms with Crippen molar-refractivity contribution in [3.63, 3.8) is 0 Å². The number of aliphatic hydroxyl groups excluding tert-OH is 7. The second kappa shape index (κ2) is 35.9. The Hall–Kier alpha value is -3.12. The summed E-state index contributed by atoms with van der Waals surface area (Å²) in [4.78, 5) is 50.0. The molecule has 68 heavy (non-hydrogen) atoms. The summed E-state index contributed by atoms with van der Waals surface area (Å²) < 4.78 is 34.6. The van der Waals surface area contributed by atoms with Crippen LogP contribution in [-0.4, -0.2) is 127 Å². The molecule has 0 aromatic carbocycles. The van der Waals surface area contributed by atoms with Crippen LogP contribution in [0.15, 0.2) is 72.9 Å². The minimum Gasteiger partial charge on any atom is -0.462 e. The molecular weight excluding hydrogens is 900 g/mol. The quantitative estimate of drug-likeness (QED) is 0.0212. The number of carbonyl (C=O) groups excluding carboxylic acids is 3. The Morgan fingerprint density at radius 2 is 1.43 bits per heavy atom. The van der Waals surface area contributed by atoms with E-state index in [1.807, 2.05) is 6.92 Å². The minimum atomic E-state index is -5.46. The van der Waals surface area contributed by atoms with Gasteiger partial charge in [0.25, 0.3) is 0 Å². The fourth-order valence-electron chi connectivity index (χ4n) is 7.81. The molecule has 0 amide bonds. The number of phosphoric ester groups is 1. The molecule has 16 nitrogen and oxygen atoms in total. The SMILES string of the molecule is CC/C=C\C/C=C\C/C=C\C/C=C\CCCCCCCCC(=O)OC[C@@H]1COP(=O)(O)O[C@H]2[C@H](O)[C@@H](O)[C@H](O)[C@@H](C/C=C\CCCC(=O)O1)C(=O)C[C@@H](O)[C@H](/C=C/[C@@H](O)CCCCC)[C@@H](O)[C@H]2O. The predicted octanol–water partition coefficient (Wildman–Crippen LogP) is 6.87. The lowest BCUT2D eigenvalue weighted by molar-refractivity contribution is -0.166. The molecule has 1 heterocycles. The number of aliphatic hydroxyl groups is 7. The van der Waals surface area contributed by atoms with Gasteiger partial charge in [-0.3, -0.25) is 23.4 Å². The number of esters is 2. The van der Waals surface area contributed by atoms with E-state index >= 15 is 0 Å². The molecule has 0 spiro atoms. The predicted molar refractivity (Wildman–Crippen MR) is 259 cm³/mol. The molecule has 0 aromatic rings. The second-order valence-electron chi connectivity index (χ2n) is 17.7. The van der Waals surface area contributed by atoms with E-state index < -0.39 is 112 Å². The summed E-state index contributed by atoms with van der Waals surface area (Å²) in [5.74, 6) is -5.09. The van der Waals surface area contributed by atoms with Crippen LogP contribution >= 0.6 is 7.82 Å². The Balaban J connectivity index is 2.07. The maximum Gasteiger partial charge on any atom is 0.472 e. The van der Waals surface area contributed by atoms with Crippen LogP contribution in [0.1, 0.15) is 149 Å². The number of carbonyl (C=O) groups is 3. The van der Waals surface area contributed by atoms with Crippen molar-refractivity contribution in [2.45, 2.75) is 204 Å². The van der Waals surface area contributed by atoms with E-state index in [0.29, 0.717) is 25.7 Å². The third-order valence-electron chi connectivity index (χ3n) is 11.9. The average Bonchev–Trinajstić information content (AvgIpc) is 3.31. The summed E-state index contributed by atoms with van der Waals surface area (Å²) in [5.41, 5.74) is 0. The second-order valence-corrected chi connectivity index (χ2v) is 19.1. The van der Waals surface area contributed by atoms with Gasteiger partial charge in [0.2, 0.25) is 0 Å². The fraction of sp³-hybridized carbons (Fsp3) is 0.706. The van der Waals surface area contributed by atoms with E-state index in [1.54, 1.807) is 6.08 Å². The Morgan fingerprint density at radius 3 is 2.10 bits per heavy atom. The summed E-state index contributed by atoms with van der Waals surface area (Å²) in [7, 11) is -5.46. The molecule has 388 valence electrons. The number of Topliss-reactive ketones (excluding diaryl/α,β-unsaturated/α-hetero) is 1. The third kappa shape index (κ3) is 25.7. The van der Waals surface area contributed by atoms with Crippen molar-refractivity contribution >= 4 is 25.5 Å². The molecule has 17 heteroatoms. The van der Waals surface area contributed by atoms with Crippen LogP contribution in [0, 0.1) is 11.8 Å². The Morgan fingerprint density at radius 1 is 0.794 bits per heavy atom. The van der Waals surface area contributed by atoms with Crippen molar-refractivity contribution in [1.29, 1.82) is 0 Å². The molecule has 1 unspecified atom stereocenters. The third-order valence-corrected chi connectivity index (χ3v) is 12.9. The van der Waals surface area contributed by atoms with Gasteiger partial charge < -0.3 is 50.1 Å². The number of cyclic esters (lactones) is 1. The zero-order valence-electron chi connectivity index (χ0n) is 40.3. The first-order valence-electron chi connectivity index (χ1n) is 24.8. The van der Waals surface area contributed by atoms with Crippen molar-refractivity contribution in [3.05, 3.63) is 72.9 Å². The van der Waals surface area contributed by atoms with Gasteiger partial charge in [0, 0.05) is 31.1 Å².